The van der Waals surface area contributed by atoms with Crippen molar-refractivity contribution in [1.82, 2.24) is 9.62 Å². The van der Waals surface area contributed by atoms with Gasteiger partial charge in [-0.05, 0) is 67.9 Å². The first kappa shape index (κ1) is 18.8. The van der Waals surface area contributed by atoms with Gasteiger partial charge in [-0.1, -0.05) is 12.1 Å². The summed E-state index contributed by atoms with van der Waals surface area (Å²) in [6.07, 6.45) is 2.17. The van der Waals surface area contributed by atoms with Crippen molar-refractivity contribution in [3.63, 3.8) is 0 Å². The molecule has 3 rings (SSSR count). The maximum absolute atomic E-state index is 13.3. The molecule has 1 aliphatic heterocycles. The van der Waals surface area contributed by atoms with Crippen LogP contribution in [0.25, 0.3) is 0 Å². The van der Waals surface area contributed by atoms with Crippen LogP contribution in [0.2, 0.25) is 0 Å². The zero-order chi connectivity index (χ0) is 18.6. The molecule has 2 aromatic rings. The molecule has 1 heterocycles. The maximum Gasteiger partial charge on any atom is 0.240 e. The molecule has 0 aromatic heterocycles. The molecular weight excluding hydrogens is 355 g/mol. The third-order valence-electron chi connectivity index (χ3n) is 4.67. The van der Waals surface area contributed by atoms with Gasteiger partial charge in [0.15, 0.2) is 0 Å². The first-order valence-corrected chi connectivity index (χ1v) is 10.1. The Bertz CT molecular complexity index is 817. The van der Waals surface area contributed by atoms with E-state index in [9.17, 15) is 12.8 Å². The Kier molecular flexibility index (Phi) is 5.90. The second-order valence-electron chi connectivity index (χ2n) is 6.34. The minimum atomic E-state index is -3.63. The number of nitrogens with one attached hydrogen (secondary N) is 1. The van der Waals surface area contributed by atoms with E-state index in [4.69, 9.17) is 4.74 Å². The molecular formula is C19H23FN2O3S. The Morgan fingerprint density at radius 2 is 1.69 bits per heavy atom. The SMILES string of the molecule is COc1ccc(S(=O)(=O)NCC(c2ccc(F)cc2)N2CCCC2)cc1. The topological polar surface area (TPSA) is 58.6 Å². The predicted molar refractivity (Wildman–Crippen MR) is 98.1 cm³/mol. The van der Waals surface area contributed by atoms with E-state index in [0.29, 0.717) is 5.75 Å². The highest BCUT2D eigenvalue weighted by molar-refractivity contribution is 7.89. The lowest BCUT2D eigenvalue weighted by atomic mass is 10.1. The minimum absolute atomic E-state index is 0.119. The number of hydrogen-bond donors (Lipinski definition) is 1. The Hall–Kier alpha value is -1.96. The number of likely N-dealkylation sites (tertiary alicyclic amines) is 1. The number of hydrogen-bond acceptors (Lipinski definition) is 4. The van der Waals surface area contributed by atoms with E-state index in [1.165, 1.54) is 31.4 Å². The summed E-state index contributed by atoms with van der Waals surface area (Å²) in [6.45, 7) is 2.05. The van der Waals surface area contributed by atoms with E-state index in [2.05, 4.69) is 9.62 Å². The van der Waals surface area contributed by atoms with Gasteiger partial charge in [0.1, 0.15) is 11.6 Å². The third-order valence-corrected chi connectivity index (χ3v) is 6.11. The molecule has 1 fully saturated rings. The number of ether oxygens (including phenoxy) is 1. The van der Waals surface area contributed by atoms with Crippen LogP contribution in [0.1, 0.15) is 24.4 Å². The average molecular weight is 378 g/mol. The van der Waals surface area contributed by atoms with Crippen LogP contribution in [0.5, 0.6) is 5.75 Å². The summed E-state index contributed by atoms with van der Waals surface area (Å²) in [5.74, 6) is 0.304. The highest BCUT2D eigenvalue weighted by Gasteiger charge is 2.25. The Balaban J connectivity index is 1.76. The zero-order valence-electron chi connectivity index (χ0n) is 14.7. The van der Waals surface area contributed by atoms with Gasteiger partial charge in [0.2, 0.25) is 10.0 Å². The Morgan fingerprint density at radius 1 is 1.08 bits per heavy atom. The summed E-state index contributed by atoms with van der Waals surface area (Å²) in [4.78, 5) is 2.43. The van der Waals surface area contributed by atoms with Crippen LogP contribution >= 0.6 is 0 Å². The second-order valence-corrected chi connectivity index (χ2v) is 8.10. The highest BCUT2D eigenvalue weighted by atomic mass is 32.2. The van der Waals surface area contributed by atoms with Gasteiger partial charge in [-0.3, -0.25) is 4.90 Å². The lowest BCUT2D eigenvalue weighted by molar-refractivity contribution is 0.246. The van der Waals surface area contributed by atoms with E-state index in [-0.39, 0.29) is 23.3 Å². The van der Waals surface area contributed by atoms with Crippen LogP contribution < -0.4 is 9.46 Å². The van der Waals surface area contributed by atoms with Crippen LogP contribution in [0.3, 0.4) is 0 Å². The Labute approximate surface area is 153 Å². The van der Waals surface area contributed by atoms with Crippen LogP contribution in [-0.2, 0) is 10.0 Å². The normalized spacial score (nSPS) is 16.5. The molecule has 140 valence electrons. The van der Waals surface area contributed by atoms with Crippen molar-refractivity contribution in [3.8, 4) is 5.75 Å². The van der Waals surface area contributed by atoms with E-state index in [0.717, 1.165) is 31.5 Å². The van der Waals surface area contributed by atoms with Gasteiger partial charge in [0.25, 0.3) is 0 Å². The number of benzene rings is 2. The fourth-order valence-corrected chi connectivity index (χ4v) is 4.26. The molecule has 1 unspecified atom stereocenters. The van der Waals surface area contributed by atoms with Crippen molar-refractivity contribution in [2.75, 3.05) is 26.7 Å². The van der Waals surface area contributed by atoms with Crippen molar-refractivity contribution in [2.24, 2.45) is 0 Å². The van der Waals surface area contributed by atoms with E-state index >= 15 is 0 Å². The molecule has 0 radical (unpaired) electrons. The summed E-state index contributed by atoms with van der Waals surface area (Å²) in [5, 5.41) is 0. The molecule has 0 amide bonds. The van der Waals surface area contributed by atoms with Crippen molar-refractivity contribution < 1.29 is 17.5 Å². The molecule has 1 atom stereocenters. The summed E-state index contributed by atoms with van der Waals surface area (Å²) < 4.78 is 46.2. The highest BCUT2D eigenvalue weighted by Crippen LogP contribution is 2.25. The Morgan fingerprint density at radius 3 is 2.27 bits per heavy atom. The fraction of sp³-hybridized carbons (Fsp3) is 0.368. The van der Waals surface area contributed by atoms with Crippen molar-refractivity contribution in [2.45, 2.75) is 23.8 Å². The standard InChI is InChI=1S/C19H23FN2O3S/c1-25-17-8-10-18(11-9-17)26(23,24)21-14-19(22-12-2-3-13-22)15-4-6-16(20)7-5-15/h4-11,19,21H,2-3,12-14H2,1H3. The molecule has 1 N–H and O–H groups in total. The van der Waals surface area contributed by atoms with Gasteiger partial charge in [-0.15, -0.1) is 0 Å². The molecule has 1 aliphatic rings. The monoisotopic (exact) mass is 378 g/mol. The average Bonchev–Trinajstić information content (AvgIpc) is 3.18. The smallest absolute Gasteiger partial charge is 0.240 e. The first-order valence-electron chi connectivity index (χ1n) is 8.63. The van der Waals surface area contributed by atoms with E-state index in [1.54, 1.807) is 24.3 Å². The molecule has 7 heteroatoms. The van der Waals surface area contributed by atoms with Crippen LogP contribution in [0.4, 0.5) is 4.39 Å². The molecule has 2 aromatic carbocycles. The number of rotatable bonds is 7. The van der Waals surface area contributed by atoms with Crippen molar-refractivity contribution >= 4 is 10.0 Å². The molecule has 0 aliphatic carbocycles. The molecule has 0 saturated carbocycles. The first-order chi connectivity index (χ1) is 12.5. The third kappa shape index (κ3) is 4.41. The van der Waals surface area contributed by atoms with Gasteiger partial charge >= 0.3 is 0 Å². The van der Waals surface area contributed by atoms with Gasteiger partial charge in [0.05, 0.1) is 12.0 Å². The van der Waals surface area contributed by atoms with E-state index in [1.807, 2.05) is 0 Å². The second kappa shape index (κ2) is 8.16. The van der Waals surface area contributed by atoms with Crippen LogP contribution in [0.15, 0.2) is 53.4 Å². The van der Waals surface area contributed by atoms with Crippen molar-refractivity contribution in [1.29, 1.82) is 0 Å². The minimum Gasteiger partial charge on any atom is -0.497 e. The lowest BCUT2D eigenvalue weighted by Gasteiger charge is -2.28. The largest absolute Gasteiger partial charge is 0.497 e. The van der Waals surface area contributed by atoms with Crippen molar-refractivity contribution in [3.05, 3.63) is 59.9 Å². The zero-order valence-corrected chi connectivity index (χ0v) is 15.5. The number of halogens is 1. The predicted octanol–water partition coefficient (Wildman–Crippen LogP) is 2.95. The van der Waals surface area contributed by atoms with Gasteiger partial charge in [-0.2, -0.15) is 0 Å². The fourth-order valence-electron chi connectivity index (χ4n) is 3.22. The number of methoxy groups -OCH3 is 1. The number of nitrogens with zero attached hydrogens (tertiary/aromatic N) is 1. The summed E-state index contributed by atoms with van der Waals surface area (Å²) >= 11 is 0. The molecule has 0 spiro atoms. The van der Waals surface area contributed by atoms with Gasteiger partial charge in [0, 0.05) is 12.6 Å². The molecule has 5 nitrogen and oxygen atoms in total. The van der Waals surface area contributed by atoms with Crippen LogP contribution in [-0.4, -0.2) is 40.1 Å². The summed E-state index contributed by atoms with van der Waals surface area (Å²) in [7, 11) is -2.10. The maximum atomic E-state index is 13.3. The van der Waals surface area contributed by atoms with E-state index < -0.39 is 10.0 Å². The lowest BCUT2D eigenvalue weighted by Crippen LogP contribution is -2.36. The molecule has 0 bridgehead atoms. The van der Waals surface area contributed by atoms with Crippen LogP contribution in [0, 0.1) is 5.82 Å². The van der Waals surface area contributed by atoms with Gasteiger partial charge < -0.3 is 4.74 Å². The molecule has 1 saturated heterocycles. The van der Waals surface area contributed by atoms with Gasteiger partial charge in [-0.25, -0.2) is 17.5 Å². The molecule has 26 heavy (non-hydrogen) atoms. The summed E-state index contributed by atoms with van der Waals surface area (Å²) in [5.41, 5.74) is 0.908. The number of sulfonamides is 1. The quantitative estimate of drug-likeness (QED) is 0.805. The summed E-state index contributed by atoms with van der Waals surface area (Å²) in [6, 6.07) is 12.4.